The predicted molar refractivity (Wildman–Crippen MR) is 84.1 cm³/mol. The van der Waals surface area contributed by atoms with E-state index in [1.165, 1.54) is 6.20 Å². The third-order valence-electron chi connectivity index (χ3n) is 3.54. The average Bonchev–Trinajstić information content (AvgIpc) is 3.24. The van der Waals surface area contributed by atoms with Crippen molar-refractivity contribution in [1.29, 1.82) is 0 Å². The molecule has 0 aliphatic carbocycles. The fourth-order valence-corrected chi connectivity index (χ4v) is 2.43. The Hall–Kier alpha value is -3.28. The Morgan fingerprint density at radius 3 is 2.78 bits per heavy atom. The molecule has 4 rings (SSSR count). The molecule has 23 heavy (non-hydrogen) atoms. The van der Waals surface area contributed by atoms with E-state index in [1.54, 1.807) is 29.1 Å². The minimum absolute atomic E-state index is 0.202. The van der Waals surface area contributed by atoms with Crippen molar-refractivity contribution in [3.05, 3.63) is 66.7 Å². The van der Waals surface area contributed by atoms with E-state index in [0.717, 1.165) is 5.69 Å². The van der Waals surface area contributed by atoms with Gasteiger partial charge in [0.15, 0.2) is 11.5 Å². The summed E-state index contributed by atoms with van der Waals surface area (Å²) in [5.41, 5.74) is 1.97. The molecular formula is C17H13N3O3. The Kier molecular flexibility index (Phi) is 3.20. The standard InChI is InChI=1S/C17H13N3O3/c21-17(19-12-6-7-15-16(8-12)23-11-22-15)14-9-18-10-20(14)13-4-2-1-3-5-13/h1-10H,11H2,(H,19,21). The summed E-state index contributed by atoms with van der Waals surface area (Å²) in [6.45, 7) is 0.202. The molecule has 1 N–H and O–H groups in total. The summed E-state index contributed by atoms with van der Waals surface area (Å²) >= 11 is 0. The molecule has 0 saturated carbocycles. The van der Waals surface area contributed by atoms with Gasteiger partial charge in [0.25, 0.3) is 5.91 Å². The first-order valence-corrected chi connectivity index (χ1v) is 7.10. The van der Waals surface area contributed by atoms with Gasteiger partial charge in [0.1, 0.15) is 5.69 Å². The van der Waals surface area contributed by atoms with Crippen molar-refractivity contribution in [2.75, 3.05) is 12.1 Å². The highest BCUT2D eigenvalue weighted by molar-refractivity contribution is 6.03. The number of hydrogen-bond acceptors (Lipinski definition) is 4. The lowest BCUT2D eigenvalue weighted by Crippen LogP contribution is -2.16. The lowest BCUT2D eigenvalue weighted by Gasteiger charge is -2.09. The van der Waals surface area contributed by atoms with E-state index < -0.39 is 0 Å². The second-order valence-corrected chi connectivity index (χ2v) is 5.01. The van der Waals surface area contributed by atoms with Gasteiger partial charge in [-0.15, -0.1) is 0 Å². The molecule has 1 aliphatic heterocycles. The molecule has 0 saturated heterocycles. The molecule has 1 amide bonds. The van der Waals surface area contributed by atoms with Crippen LogP contribution >= 0.6 is 0 Å². The lowest BCUT2D eigenvalue weighted by molar-refractivity contribution is 0.102. The molecule has 114 valence electrons. The minimum atomic E-state index is -0.245. The smallest absolute Gasteiger partial charge is 0.274 e. The number of imidazole rings is 1. The summed E-state index contributed by atoms with van der Waals surface area (Å²) in [4.78, 5) is 16.6. The lowest BCUT2D eigenvalue weighted by atomic mass is 10.2. The zero-order valence-corrected chi connectivity index (χ0v) is 12.1. The number of amides is 1. The maximum atomic E-state index is 12.5. The number of ether oxygens (including phenoxy) is 2. The summed E-state index contributed by atoms with van der Waals surface area (Å²) < 4.78 is 12.3. The number of rotatable bonds is 3. The molecule has 2 aromatic carbocycles. The van der Waals surface area contributed by atoms with Crippen LogP contribution in [0.3, 0.4) is 0 Å². The molecule has 6 nitrogen and oxygen atoms in total. The van der Waals surface area contributed by atoms with Crippen LogP contribution in [0, 0.1) is 0 Å². The number of anilines is 1. The number of carbonyl (C=O) groups excluding carboxylic acids is 1. The summed E-state index contributed by atoms with van der Waals surface area (Å²) in [5.74, 6) is 1.06. The largest absolute Gasteiger partial charge is 0.454 e. The Morgan fingerprint density at radius 2 is 1.91 bits per heavy atom. The van der Waals surface area contributed by atoms with Crippen molar-refractivity contribution in [1.82, 2.24) is 9.55 Å². The molecule has 6 heteroatoms. The van der Waals surface area contributed by atoms with E-state index in [0.29, 0.717) is 22.9 Å². The number of hydrogen-bond donors (Lipinski definition) is 1. The molecule has 0 atom stereocenters. The number of aromatic nitrogens is 2. The van der Waals surface area contributed by atoms with Crippen LogP contribution in [0.1, 0.15) is 10.5 Å². The number of fused-ring (bicyclic) bond motifs is 1. The van der Waals surface area contributed by atoms with Gasteiger partial charge in [-0.1, -0.05) is 18.2 Å². The van der Waals surface area contributed by atoms with Gasteiger partial charge >= 0.3 is 0 Å². The zero-order valence-electron chi connectivity index (χ0n) is 12.1. The summed E-state index contributed by atoms with van der Waals surface area (Å²) in [6.07, 6.45) is 3.15. The Bertz CT molecular complexity index is 859. The first-order chi connectivity index (χ1) is 11.3. The molecule has 0 bridgehead atoms. The second-order valence-electron chi connectivity index (χ2n) is 5.01. The Morgan fingerprint density at radius 1 is 1.09 bits per heavy atom. The number of para-hydroxylation sites is 1. The first-order valence-electron chi connectivity index (χ1n) is 7.10. The first kappa shape index (κ1) is 13.4. The predicted octanol–water partition coefficient (Wildman–Crippen LogP) is 2.85. The van der Waals surface area contributed by atoms with E-state index in [4.69, 9.17) is 9.47 Å². The van der Waals surface area contributed by atoms with E-state index in [1.807, 2.05) is 30.3 Å². The molecule has 1 aliphatic rings. The number of nitrogens with zero attached hydrogens (tertiary/aromatic N) is 2. The van der Waals surface area contributed by atoms with Crippen molar-refractivity contribution < 1.29 is 14.3 Å². The molecule has 1 aromatic heterocycles. The van der Waals surface area contributed by atoms with Crippen LogP contribution in [0.25, 0.3) is 5.69 Å². The highest BCUT2D eigenvalue weighted by Crippen LogP contribution is 2.34. The van der Waals surface area contributed by atoms with Crippen LogP contribution in [0.5, 0.6) is 11.5 Å². The van der Waals surface area contributed by atoms with Crippen molar-refractivity contribution in [2.45, 2.75) is 0 Å². The van der Waals surface area contributed by atoms with Gasteiger partial charge in [0.05, 0.1) is 12.5 Å². The molecule has 0 radical (unpaired) electrons. The van der Waals surface area contributed by atoms with Gasteiger partial charge in [0, 0.05) is 17.4 Å². The van der Waals surface area contributed by atoms with Gasteiger partial charge in [-0.3, -0.25) is 9.36 Å². The number of carbonyl (C=O) groups is 1. The highest BCUT2D eigenvalue weighted by atomic mass is 16.7. The topological polar surface area (TPSA) is 65.4 Å². The zero-order chi connectivity index (χ0) is 15.6. The number of nitrogens with one attached hydrogen (secondary N) is 1. The van der Waals surface area contributed by atoms with E-state index in [9.17, 15) is 4.79 Å². The van der Waals surface area contributed by atoms with E-state index in [2.05, 4.69) is 10.3 Å². The van der Waals surface area contributed by atoms with Crippen LogP contribution in [-0.4, -0.2) is 22.3 Å². The van der Waals surface area contributed by atoms with Crippen LogP contribution in [0.15, 0.2) is 61.1 Å². The van der Waals surface area contributed by atoms with Gasteiger partial charge in [-0.05, 0) is 24.3 Å². The van der Waals surface area contributed by atoms with Crippen molar-refractivity contribution >= 4 is 11.6 Å². The van der Waals surface area contributed by atoms with Crippen LogP contribution in [0.2, 0.25) is 0 Å². The Balaban J connectivity index is 1.60. The maximum Gasteiger partial charge on any atom is 0.274 e. The van der Waals surface area contributed by atoms with Gasteiger partial charge in [-0.25, -0.2) is 4.98 Å². The maximum absolute atomic E-state index is 12.5. The summed E-state index contributed by atoms with van der Waals surface area (Å²) in [5, 5.41) is 2.85. The monoisotopic (exact) mass is 307 g/mol. The molecular weight excluding hydrogens is 294 g/mol. The molecule has 0 spiro atoms. The van der Waals surface area contributed by atoms with Crippen LogP contribution < -0.4 is 14.8 Å². The SMILES string of the molecule is O=C(Nc1ccc2c(c1)OCO2)c1cncn1-c1ccccc1. The summed E-state index contributed by atoms with van der Waals surface area (Å²) in [6, 6.07) is 14.9. The fourth-order valence-electron chi connectivity index (χ4n) is 2.43. The van der Waals surface area contributed by atoms with E-state index in [-0.39, 0.29) is 12.7 Å². The van der Waals surface area contributed by atoms with Crippen molar-refractivity contribution in [3.8, 4) is 17.2 Å². The van der Waals surface area contributed by atoms with Crippen LogP contribution in [-0.2, 0) is 0 Å². The third kappa shape index (κ3) is 2.50. The molecule has 3 aromatic rings. The van der Waals surface area contributed by atoms with Gasteiger partial charge < -0.3 is 14.8 Å². The van der Waals surface area contributed by atoms with E-state index >= 15 is 0 Å². The van der Waals surface area contributed by atoms with Crippen LogP contribution in [0.4, 0.5) is 5.69 Å². The van der Waals surface area contributed by atoms with Crippen molar-refractivity contribution in [2.24, 2.45) is 0 Å². The second kappa shape index (κ2) is 5.49. The highest BCUT2D eigenvalue weighted by Gasteiger charge is 2.16. The third-order valence-corrected chi connectivity index (χ3v) is 3.54. The Labute approximate surface area is 132 Å². The fraction of sp³-hybridized carbons (Fsp3) is 0.0588. The average molecular weight is 307 g/mol. The summed E-state index contributed by atoms with van der Waals surface area (Å²) in [7, 11) is 0. The number of benzene rings is 2. The van der Waals surface area contributed by atoms with Gasteiger partial charge in [-0.2, -0.15) is 0 Å². The van der Waals surface area contributed by atoms with Gasteiger partial charge in [0.2, 0.25) is 6.79 Å². The normalized spacial score (nSPS) is 12.2. The molecule has 2 heterocycles. The quantitative estimate of drug-likeness (QED) is 0.808. The molecule has 0 unspecified atom stereocenters. The molecule has 0 fully saturated rings. The minimum Gasteiger partial charge on any atom is -0.454 e. The van der Waals surface area contributed by atoms with Crippen molar-refractivity contribution in [3.63, 3.8) is 0 Å².